The van der Waals surface area contributed by atoms with Gasteiger partial charge in [0.1, 0.15) is 5.75 Å². The van der Waals surface area contributed by atoms with Crippen LogP contribution in [0.1, 0.15) is 19.4 Å². The van der Waals surface area contributed by atoms with Crippen molar-refractivity contribution in [3.05, 3.63) is 29.8 Å². The van der Waals surface area contributed by atoms with E-state index in [0.29, 0.717) is 11.7 Å². The Hall–Kier alpha value is -1.62. The van der Waals surface area contributed by atoms with Crippen molar-refractivity contribution >= 4 is 23.5 Å². The summed E-state index contributed by atoms with van der Waals surface area (Å²) in [4.78, 5) is 0. The number of rotatable bonds is 5. The second kappa shape index (κ2) is 7.62. The minimum Gasteiger partial charge on any atom is -0.493 e. The predicted octanol–water partition coefficient (Wildman–Crippen LogP) is -0.0162. The number of ether oxygens (including phenoxy) is 1. The van der Waals surface area contributed by atoms with Gasteiger partial charge in [-0.25, -0.2) is 0 Å². The van der Waals surface area contributed by atoms with E-state index in [1.54, 1.807) is 0 Å². The van der Waals surface area contributed by atoms with Crippen LogP contribution in [-0.4, -0.2) is 24.5 Å². The third-order valence-corrected chi connectivity index (χ3v) is 2.22. The van der Waals surface area contributed by atoms with Crippen molar-refractivity contribution in [2.24, 2.45) is 0 Å². The quantitative estimate of drug-likeness (QED) is 0.392. The van der Waals surface area contributed by atoms with Gasteiger partial charge in [-0.2, -0.15) is 0 Å². The van der Waals surface area contributed by atoms with E-state index in [-0.39, 0.29) is 0 Å². The number of benzene rings is 1. The number of hydrogen-bond donors (Lipinski definition) is 3. The third kappa shape index (κ3) is 4.82. The fourth-order valence-corrected chi connectivity index (χ4v) is 1.47. The molecule has 0 radical (unpaired) electrons. The molecule has 17 heavy (non-hydrogen) atoms. The van der Waals surface area contributed by atoms with Gasteiger partial charge in [0.2, 0.25) is 11.3 Å². The Bertz CT molecular complexity index is 393. The average Bonchev–Trinajstić information content (AvgIpc) is 2.32. The van der Waals surface area contributed by atoms with Crippen molar-refractivity contribution in [3.8, 4) is 5.75 Å². The van der Waals surface area contributed by atoms with Gasteiger partial charge in [-0.3, -0.25) is 0 Å². The van der Waals surface area contributed by atoms with E-state index in [2.05, 4.69) is 15.8 Å². The van der Waals surface area contributed by atoms with Gasteiger partial charge in [-0.15, -0.1) is 10.5 Å². The van der Waals surface area contributed by atoms with Gasteiger partial charge in [0.25, 0.3) is 0 Å². The van der Waals surface area contributed by atoms with Crippen molar-refractivity contribution in [2.45, 2.75) is 13.8 Å². The van der Waals surface area contributed by atoms with Gasteiger partial charge in [0.05, 0.1) is 12.2 Å². The van der Waals surface area contributed by atoms with Crippen LogP contribution in [0.3, 0.4) is 0 Å². The molecule has 0 spiro atoms. The summed E-state index contributed by atoms with van der Waals surface area (Å²) in [5.74, 6) is 0.846. The molecule has 0 fully saturated rings. The number of thiocarbonyl (C=S) groups is 1. The summed E-state index contributed by atoms with van der Waals surface area (Å²) >= 11 is 5.02. The SMILES string of the molecule is CCNC(=S)N[NH+]=Cc1ccccc1OCC. The van der Waals surface area contributed by atoms with Crippen LogP contribution in [-0.2, 0) is 0 Å². The molecule has 92 valence electrons. The Labute approximate surface area is 107 Å². The first-order valence-corrected chi connectivity index (χ1v) is 6.03. The van der Waals surface area contributed by atoms with E-state index in [4.69, 9.17) is 17.0 Å². The largest absolute Gasteiger partial charge is 0.493 e. The normalized spacial score (nSPS) is 10.2. The molecule has 0 unspecified atom stereocenters. The van der Waals surface area contributed by atoms with Crippen molar-refractivity contribution in [1.82, 2.24) is 10.7 Å². The van der Waals surface area contributed by atoms with Crippen molar-refractivity contribution in [2.75, 3.05) is 13.2 Å². The molecule has 4 nitrogen and oxygen atoms in total. The summed E-state index contributed by atoms with van der Waals surface area (Å²) in [6.45, 7) is 5.39. The second-order valence-electron chi connectivity index (χ2n) is 3.24. The molecule has 0 aromatic heterocycles. The fourth-order valence-electron chi connectivity index (χ4n) is 1.27. The van der Waals surface area contributed by atoms with Crippen LogP contribution >= 0.6 is 12.2 Å². The zero-order valence-electron chi connectivity index (χ0n) is 10.1. The maximum Gasteiger partial charge on any atom is 0.223 e. The van der Waals surface area contributed by atoms with Crippen LogP contribution < -0.4 is 20.6 Å². The van der Waals surface area contributed by atoms with Crippen LogP contribution in [0.15, 0.2) is 24.3 Å². The smallest absolute Gasteiger partial charge is 0.223 e. The molecule has 0 heterocycles. The molecule has 0 atom stereocenters. The lowest BCUT2D eigenvalue weighted by molar-refractivity contribution is -0.500. The van der Waals surface area contributed by atoms with Gasteiger partial charge in [0.15, 0.2) is 0 Å². The Morgan fingerprint density at radius 1 is 1.41 bits per heavy atom. The molecule has 0 aliphatic heterocycles. The van der Waals surface area contributed by atoms with Gasteiger partial charge in [0, 0.05) is 6.54 Å². The highest BCUT2D eigenvalue weighted by atomic mass is 32.1. The minimum atomic E-state index is 0.567. The summed E-state index contributed by atoms with van der Waals surface area (Å²) in [5.41, 5.74) is 3.83. The first-order valence-electron chi connectivity index (χ1n) is 5.62. The van der Waals surface area contributed by atoms with Crippen LogP contribution in [0.2, 0.25) is 0 Å². The number of hydrazine groups is 1. The monoisotopic (exact) mass is 252 g/mol. The lowest BCUT2D eigenvalue weighted by atomic mass is 10.2. The lowest BCUT2D eigenvalue weighted by Gasteiger charge is -2.04. The maximum atomic E-state index is 5.49. The Morgan fingerprint density at radius 3 is 2.88 bits per heavy atom. The molecular formula is C12H18N3OS+. The van der Waals surface area contributed by atoms with Gasteiger partial charge < -0.3 is 10.1 Å². The number of hydrogen-bond acceptors (Lipinski definition) is 2. The molecule has 0 aliphatic carbocycles. The van der Waals surface area contributed by atoms with E-state index in [0.717, 1.165) is 17.9 Å². The molecule has 5 heteroatoms. The molecule has 0 saturated heterocycles. The van der Waals surface area contributed by atoms with Crippen LogP contribution in [0.5, 0.6) is 5.75 Å². The molecule has 0 aliphatic rings. The Balaban J connectivity index is 2.61. The summed E-state index contributed by atoms with van der Waals surface area (Å²) in [6.07, 6.45) is 1.81. The predicted molar refractivity (Wildman–Crippen MR) is 73.2 cm³/mol. The van der Waals surface area contributed by atoms with Crippen molar-refractivity contribution in [1.29, 1.82) is 0 Å². The van der Waals surface area contributed by atoms with Crippen LogP contribution in [0.4, 0.5) is 0 Å². The summed E-state index contributed by atoms with van der Waals surface area (Å²) in [6, 6.07) is 7.80. The van der Waals surface area contributed by atoms with Gasteiger partial charge in [-0.1, -0.05) is 12.1 Å². The van der Waals surface area contributed by atoms with E-state index < -0.39 is 0 Å². The Morgan fingerprint density at radius 2 is 2.18 bits per heavy atom. The van der Waals surface area contributed by atoms with E-state index >= 15 is 0 Å². The zero-order valence-corrected chi connectivity index (χ0v) is 10.9. The van der Waals surface area contributed by atoms with Gasteiger partial charge in [-0.05, 0) is 38.2 Å². The van der Waals surface area contributed by atoms with Crippen molar-refractivity contribution < 1.29 is 9.84 Å². The molecule has 3 N–H and O–H groups in total. The average molecular weight is 252 g/mol. The summed E-state index contributed by atoms with van der Waals surface area (Å²) < 4.78 is 5.49. The molecule has 0 saturated carbocycles. The molecular weight excluding hydrogens is 234 g/mol. The van der Waals surface area contributed by atoms with Gasteiger partial charge >= 0.3 is 0 Å². The van der Waals surface area contributed by atoms with E-state index in [1.807, 2.05) is 44.3 Å². The summed E-state index contributed by atoms with van der Waals surface area (Å²) in [5, 5.41) is 6.47. The highest BCUT2D eigenvalue weighted by molar-refractivity contribution is 7.80. The lowest BCUT2D eigenvalue weighted by Crippen LogP contribution is -2.82. The topological polar surface area (TPSA) is 47.3 Å². The number of nitrogens with one attached hydrogen (secondary N) is 3. The Kier molecular flexibility index (Phi) is 6.03. The van der Waals surface area contributed by atoms with Crippen LogP contribution in [0.25, 0.3) is 0 Å². The summed E-state index contributed by atoms with van der Waals surface area (Å²) in [7, 11) is 0. The molecule has 1 aromatic carbocycles. The number of para-hydroxylation sites is 1. The molecule has 1 aromatic rings. The first kappa shape index (κ1) is 13.4. The minimum absolute atomic E-state index is 0.567. The van der Waals surface area contributed by atoms with E-state index in [9.17, 15) is 0 Å². The maximum absolute atomic E-state index is 5.49. The zero-order chi connectivity index (χ0) is 12.5. The van der Waals surface area contributed by atoms with E-state index in [1.165, 1.54) is 0 Å². The fraction of sp³-hybridized carbons (Fsp3) is 0.333. The van der Waals surface area contributed by atoms with Crippen LogP contribution in [0, 0.1) is 0 Å². The third-order valence-electron chi connectivity index (χ3n) is 1.97. The van der Waals surface area contributed by atoms with Crippen molar-refractivity contribution in [3.63, 3.8) is 0 Å². The molecule has 0 bridgehead atoms. The molecule has 1 rings (SSSR count). The second-order valence-corrected chi connectivity index (χ2v) is 3.65. The highest BCUT2D eigenvalue weighted by Crippen LogP contribution is 2.14. The number of hydrazone groups is 1. The first-order chi connectivity index (χ1) is 8.27. The highest BCUT2D eigenvalue weighted by Gasteiger charge is 2.01. The molecule has 0 amide bonds. The standard InChI is InChI=1S/C12H17N3OS/c1-3-13-12(17)15-14-9-10-7-5-6-8-11(10)16-4-2/h5-9H,3-4H2,1-2H3,(H2,13,15,17)/p+1.